The number of rotatable bonds is 4. The summed E-state index contributed by atoms with van der Waals surface area (Å²) in [4.78, 5) is 0. The van der Waals surface area contributed by atoms with Crippen LogP contribution in [0.4, 0.5) is 5.69 Å². The van der Waals surface area contributed by atoms with E-state index in [-0.39, 0.29) is 0 Å². The van der Waals surface area contributed by atoms with Crippen molar-refractivity contribution in [3.63, 3.8) is 0 Å². The van der Waals surface area contributed by atoms with Crippen LogP contribution in [-0.2, 0) is 6.61 Å². The Hall–Kier alpha value is -2.42. The lowest BCUT2D eigenvalue weighted by Crippen LogP contribution is -2.00. The van der Waals surface area contributed by atoms with E-state index in [9.17, 15) is 0 Å². The summed E-state index contributed by atoms with van der Waals surface area (Å²) in [6.07, 6.45) is 2.15. The number of para-hydroxylation sites is 1. The Morgan fingerprint density at radius 2 is 1.91 bits per heavy atom. The second-order valence-electron chi connectivity index (χ2n) is 6.00. The molecule has 22 heavy (non-hydrogen) atoms. The molecule has 0 bridgehead atoms. The van der Waals surface area contributed by atoms with E-state index < -0.39 is 0 Å². The van der Waals surface area contributed by atoms with Gasteiger partial charge < -0.3 is 15.0 Å². The fourth-order valence-corrected chi connectivity index (χ4v) is 2.80. The second kappa shape index (κ2) is 5.76. The molecule has 1 aromatic heterocycles. The Bertz CT molecular complexity index is 802. The van der Waals surface area contributed by atoms with E-state index in [1.807, 2.05) is 24.3 Å². The SMILES string of the molecule is Cc1cccc(OCc2cn(C(C)C)c3c(N)cccc23)c1. The molecule has 0 radical (unpaired) electrons. The van der Waals surface area contributed by atoms with Crippen LogP contribution in [0.25, 0.3) is 10.9 Å². The summed E-state index contributed by atoms with van der Waals surface area (Å²) in [5, 5.41) is 1.17. The number of benzene rings is 2. The molecule has 0 fully saturated rings. The first-order valence-corrected chi connectivity index (χ1v) is 7.63. The summed E-state index contributed by atoms with van der Waals surface area (Å²) in [5.41, 5.74) is 10.4. The molecule has 3 heteroatoms. The molecule has 0 atom stereocenters. The quantitative estimate of drug-likeness (QED) is 0.709. The molecule has 0 saturated heterocycles. The van der Waals surface area contributed by atoms with Gasteiger partial charge in [0.05, 0.1) is 11.2 Å². The van der Waals surface area contributed by atoms with Gasteiger partial charge in [-0.1, -0.05) is 24.3 Å². The van der Waals surface area contributed by atoms with Gasteiger partial charge in [0.15, 0.2) is 0 Å². The van der Waals surface area contributed by atoms with Gasteiger partial charge in [0.2, 0.25) is 0 Å². The molecule has 3 aromatic rings. The molecule has 0 saturated carbocycles. The van der Waals surface area contributed by atoms with Crippen LogP contribution in [0.15, 0.2) is 48.7 Å². The number of aromatic nitrogens is 1. The van der Waals surface area contributed by atoms with Crippen LogP contribution < -0.4 is 10.5 Å². The van der Waals surface area contributed by atoms with Crippen molar-refractivity contribution in [2.75, 3.05) is 5.73 Å². The standard InChI is InChI=1S/C19H22N2O/c1-13(2)21-11-15(17-8-5-9-18(20)19(17)21)12-22-16-7-4-6-14(3)10-16/h4-11,13H,12,20H2,1-3H3. The predicted molar refractivity (Wildman–Crippen MR) is 92.2 cm³/mol. The summed E-state index contributed by atoms with van der Waals surface area (Å²) in [6.45, 7) is 6.94. The van der Waals surface area contributed by atoms with Crippen LogP contribution in [0.1, 0.15) is 31.0 Å². The van der Waals surface area contributed by atoms with Gasteiger partial charge in [-0.25, -0.2) is 0 Å². The molecule has 0 unspecified atom stereocenters. The van der Waals surface area contributed by atoms with Gasteiger partial charge in [-0.15, -0.1) is 0 Å². The molecule has 3 rings (SSSR count). The third kappa shape index (κ3) is 2.67. The van der Waals surface area contributed by atoms with Crippen molar-refractivity contribution >= 4 is 16.6 Å². The van der Waals surface area contributed by atoms with Gasteiger partial charge in [-0.3, -0.25) is 0 Å². The minimum atomic E-state index is 0.361. The lowest BCUT2D eigenvalue weighted by molar-refractivity contribution is 0.307. The van der Waals surface area contributed by atoms with Crippen molar-refractivity contribution in [1.82, 2.24) is 4.57 Å². The molecular formula is C19H22N2O. The Morgan fingerprint density at radius 3 is 2.64 bits per heavy atom. The summed E-state index contributed by atoms with van der Waals surface area (Å²) < 4.78 is 8.18. The molecule has 0 spiro atoms. The zero-order valence-electron chi connectivity index (χ0n) is 13.3. The first-order chi connectivity index (χ1) is 10.6. The molecule has 3 nitrogen and oxygen atoms in total. The third-order valence-corrected chi connectivity index (χ3v) is 3.91. The molecule has 0 aliphatic rings. The highest BCUT2D eigenvalue weighted by molar-refractivity contribution is 5.93. The third-order valence-electron chi connectivity index (χ3n) is 3.91. The van der Waals surface area contributed by atoms with Crippen LogP contribution in [0.5, 0.6) is 5.75 Å². The maximum absolute atomic E-state index is 6.17. The van der Waals surface area contributed by atoms with E-state index in [2.05, 4.69) is 49.7 Å². The number of anilines is 1. The molecule has 114 valence electrons. The average molecular weight is 294 g/mol. The fourth-order valence-electron chi connectivity index (χ4n) is 2.80. The largest absolute Gasteiger partial charge is 0.489 e. The molecule has 0 amide bonds. The van der Waals surface area contributed by atoms with Gasteiger partial charge in [-0.2, -0.15) is 0 Å². The van der Waals surface area contributed by atoms with Gasteiger partial charge >= 0.3 is 0 Å². The zero-order valence-corrected chi connectivity index (χ0v) is 13.3. The Kier molecular flexibility index (Phi) is 3.80. The highest BCUT2D eigenvalue weighted by Gasteiger charge is 2.13. The molecule has 0 aliphatic heterocycles. The van der Waals surface area contributed by atoms with Gasteiger partial charge in [0, 0.05) is 23.2 Å². The minimum absolute atomic E-state index is 0.361. The predicted octanol–water partition coefficient (Wildman–Crippen LogP) is 4.69. The number of nitrogens with two attached hydrogens (primary N) is 1. The van der Waals surface area contributed by atoms with Gasteiger partial charge in [-0.05, 0) is 44.5 Å². The molecule has 2 N–H and O–H groups in total. The highest BCUT2D eigenvalue weighted by atomic mass is 16.5. The first-order valence-electron chi connectivity index (χ1n) is 7.63. The number of nitrogens with zero attached hydrogens (tertiary/aromatic N) is 1. The number of aryl methyl sites for hydroxylation is 1. The maximum Gasteiger partial charge on any atom is 0.120 e. The van der Waals surface area contributed by atoms with Gasteiger partial charge in [0.1, 0.15) is 12.4 Å². The lowest BCUT2D eigenvalue weighted by Gasteiger charge is -2.10. The first kappa shape index (κ1) is 14.5. The molecule has 2 aromatic carbocycles. The smallest absolute Gasteiger partial charge is 0.120 e. The van der Waals surface area contributed by atoms with E-state index in [1.54, 1.807) is 0 Å². The highest BCUT2D eigenvalue weighted by Crippen LogP contribution is 2.30. The number of hydrogen-bond acceptors (Lipinski definition) is 2. The summed E-state index contributed by atoms with van der Waals surface area (Å²) in [7, 11) is 0. The van der Waals surface area contributed by atoms with Crippen LogP contribution in [0, 0.1) is 6.92 Å². The second-order valence-corrected chi connectivity index (χ2v) is 6.00. The van der Waals surface area contributed by atoms with E-state index in [0.717, 1.165) is 22.5 Å². The number of fused-ring (bicyclic) bond motifs is 1. The van der Waals surface area contributed by atoms with Crippen molar-refractivity contribution in [3.8, 4) is 5.75 Å². The van der Waals surface area contributed by atoms with Crippen molar-refractivity contribution in [1.29, 1.82) is 0 Å². The Morgan fingerprint density at radius 1 is 1.14 bits per heavy atom. The monoisotopic (exact) mass is 294 g/mol. The van der Waals surface area contributed by atoms with E-state index in [0.29, 0.717) is 12.6 Å². The van der Waals surface area contributed by atoms with E-state index in [4.69, 9.17) is 10.5 Å². The Balaban J connectivity index is 1.96. The molecule has 0 aliphatic carbocycles. The number of nitrogen functional groups attached to an aromatic ring is 1. The average Bonchev–Trinajstić information content (AvgIpc) is 2.86. The normalized spacial score (nSPS) is 11.3. The van der Waals surface area contributed by atoms with Crippen LogP contribution in [-0.4, -0.2) is 4.57 Å². The maximum atomic E-state index is 6.17. The minimum Gasteiger partial charge on any atom is -0.489 e. The summed E-state index contributed by atoms with van der Waals surface area (Å²) in [5.74, 6) is 0.898. The topological polar surface area (TPSA) is 40.2 Å². The summed E-state index contributed by atoms with van der Waals surface area (Å²) >= 11 is 0. The van der Waals surface area contributed by atoms with Crippen LogP contribution >= 0.6 is 0 Å². The zero-order chi connectivity index (χ0) is 15.7. The van der Waals surface area contributed by atoms with Crippen LogP contribution in [0.3, 0.4) is 0 Å². The van der Waals surface area contributed by atoms with Crippen molar-refractivity contribution in [2.45, 2.75) is 33.4 Å². The summed E-state index contributed by atoms with van der Waals surface area (Å²) in [6, 6.07) is 14.5. The number of ether oxygens (including phenoxy) is 1. The van der Waals surface area contributed by atoms with Crippen molar-refractivity contribution in [2.24, 2.45) is 0 Å². The van der Waals surface area contributed by atoms with Gasteiger partial charge in [0.25, 0.3) is 0 Å². The van der Waals surface area contributed by atoms with E-state index >= 15 is 0 Å². The van der Waals surface area contributed by atoms with Crippen molar-refractivity contribution < 1.29 is 4.74 Å². The lowest BCUT2D eigenvalue weighted by atomic mass is 10.1. The Labute approximate surface area is 131 Å². The number of hydrogen-bond donors (Lipinski definition) is 1. The molecular weight excluding hydrogens is 272 g/mol. The van der Waals surface area contributed by atoms with E-state index in [1.165, 1.54) is 10.9 Å². The molecule has 1 heterocycles. The van der Waals surface area contributed by atoms with Crippen molar-refractivity contribution in [3.05, 3.63) is 59.8 Å². The van der Waals surface area contributed by atoms with Crippen LogP contribution in [0.2, 0.25) is 0 Å². The fraction of sp³-hybridized carbons (Fsp3) is 0.263.